The Hall–Kier alpha value is -1.77. The molecule has 1 fully saturated rings. The zero-order valence-electron chi connectivity index (χ0n) is 11.3. The highest BCUT2D eigenvalue weighted by Crippen LogP contribution is 2.26. The first-order chi connectivity index (χ1) is 9.42. The summed E-state index contributed by atoms with van der Waals surface area (Å²) in [5.41, 5.74) is 1.10. The summed E-state index contributed by atoms with van der Waals surface area (Å²) in [5, 5.41) is 3.39. The van der Waals surface area contributed by atoms with Crippen molar-refractivity contribution in [3.05, 3.63) is 42.7 Å². The predicted octanol–water partition coefficient (Wildman–Crippen LogP) is 4.21. The van der Waals surface area contributed by atoms with Gasteiger partial charge in [-0.05, 0) is 30.9 Å². The molecule has 1 saturated carbocycles. The van der Waals surface area contributed by atoms with Crippen LogP contribution >= 0.6 is 0 Å². The fourth-order valence-electron chi connectivity index (χ4n) is 2.88. The van der Waals surface area contributed by atoms with Gasteiger partial charge in [0.15, 0.2) is 0 Å². The molecule has 0 spiro atoms. The molecular weight excluding hydrogens is 234 g/mol. The molecule has 2 aromatic rings. The first-order valence-corrected chi connectivity index (χ1v) is 7.25. The van der Waals surface area contributed by atoms with Crippen LogP contribution in [0.15, 0.2) is 42.7 Å². The fourth-order valence-corrected chi connectivity index (χ4v) is 2.88. The number of imidazole rings is 1. The number of hydrogen-bond donors (Lipinski definition) is 1. The van der Waals surface area contributed by atoms with Crippen LogP contribution in [0.25, 0.3) is 0 Å². The van der Waals surface area contributed by atoms with Crippen molar-refractivity contribution in [2.75, 3.05) is 5.32 Å². The Morgan fingerprint density at radius 3 is 2.68 bits per heavy atom. The van der Waals surface area contributed by atoms with Gasteiger partial charge in [0, 0.05) is 24.6 Å². The Kier molecular flexibility index (Phi) is 3.82. The van der Waals surface area contributed by atoms with Crippen molar-refractivity contribution in [3.63, 3.8) is 0 Å². The van der Waals surface area contributed by atoms with Gasteiger partial charge in [-0.25, -0.2) is 4.98 Å². The minimum Gasteiger partial charge on any atom is -0.326 e. The molecule has 0 radical (unpaired) electrons. The Morgan fingerprint density at radius 1 is 1.11 bits per heavy atom. The summed E-state index contributed by atoms with van der Waals surface area (Å²) in [6.45, 7) is 1.09. The van der Waals surface area contributed by atoms with Gasteiger partial charge in [-0.3, -0.25) is 0 Å². The molecule has 0 atom stereocenters. The molecule has 19 heavy (non-hydrogen) atoms. The van der Waals surface area contributed by atoms with Gasteiger partial charge in [-0.1, -0.05) is 37.5 Å². The van der Waals surface area contributed by atoms with Crippen molar-refractivity contribution in [1.29, 1.82) is 0 Å². The van der Waals surface area contributed by atoms with E-state index in [1.807, 2.05) is 24.4 Å². The molecule has 1 heterocycles. The topological polar surface area (TPSA) is 29.9 Å². The minimum absolute atomic E-state index is 0.819. The van der Waals surface area contributed by atoms with Crippen molar-refractivity contribution in [2.45, 2.75) is 38.6 Å². The molecule has 3 heteroatoms. The summed E-state index contributed by atoms with van der Waals surface area (Å²) in [7, 11) is 0. The summed E-state index contributed by atoms with van der Waals surface area (Å²) in [6, 6.07) is 10.2. The van der Waals surface area contributed by atoms with Crippen LogP contribution in [0, 0.1) is 5.92 Å². The largest absolute Gasteiger partial charge is 0.326 e. The van der Waals surface area contributed by atoms with Gasteiger partial charge in [0.1, 0.15) is 0 Å². The van der Waals surface area contributed by atoms with Crippen molar-refractivity contribution in [2.24, 2.45) is 5.92 Å². The number of benzene rings is 1. The summed E-state index contributed by atoms with van der Waals surface area (Å²) < 4.78 is 2.25. The van der Waals surface area contributed by atoms with E-state index in [2.05, 4.69) is 33.2 Å². The molecule has 0 unspecified atom stereocenters. The smallest absolute Gasteiger partial charge is 0.207 e. The molecule has 3 nitrogen and oxygen atoms in total. The third-order valence-electron chi connectivity index (χ3n) is 3.93. The maximum atomic E-state index is 4.43. The molecule has 1 aliphatic carbocycles. The molecule has 1 aliphatic rings. The van der Waals surface area contributed by atoms with Gasteiger partial charge in [0.25, 0.3) is 0 Å². The van der Waals surface area contributed by atoms with E-state index in [9.17, 15) is 0 Å². The number of nitrogens with one attached hydrogen (secondary N) is 1. The minimum atomic E-state index is 0.819. The van der Waals surface area contributed by atoms with Crippen molar-refractivity contribution in [1.82, 2.24) is 9.55 Å². The standard InChI is InChI=1S/C16H21N3/c1-3-7-14(8-4-1)13-19-12-11-17-16(19)18-15-9-5-2-6-10-15/h2,5-6,9-12,14H,1,3-4,7-8,13H2,(H,17,18). The summed E-state index contributed by atoms with van der Waals surface area (Å²) >= 11 is 0. The average molecular weight is 255 g/mol. The van der Waals surface area contributed by atoms with E-state index in [1.165, 1.54) is 32.1 Å². The molecular formula is C16H21N3. The maximum Gasteiger partial charge on any atom is 0.207 e. The van der Waals surface area contributed by atoms with Gasteiger partial charge in [-0.15, -0.1) is 0 Å². The predicted molar refractivity (Wildman–Crippen MR) is 78.5 cm³/mol. The molecule has 1 aromatic carbocycles. The molecule has 0 bridgehead atoms. The zero-order chi connectivity index (χ0) is 12.9. The monoisotopic (exact) mass is 255 g/mol. The highest BCUT2D eigenvalue weighted by atomic mass is 15.2. The molecule has 1 aromatic heterocycles. The second-order valence-corrected chi connectivity index (χ2v) is 5.40. The third-order valence-corrected chi connectivity index (χ3v) is 3.93. The van der Waals surface area contributed by atoms with E-state index in [0.29, 0.717) is 0 Å². The van der Waals surface area contributed by atoms with Gasteiger partial charge < -0.3 is 9.88 Å². The van der Waals surface area contributed by atoms with Crippen LogP contribution in [-0.2, 0) is 6.54 Å². The van der Waals surface area contributed by atoms with Crippen LogP contribution in [0.2, 0.25) is 0 Å². The highest BCUT2D eigenvalue weighted by molar-refractivity contribution is 5.52. The van der Waals surface area contributed by atoms with E-state index in [1.54, 1.807) is 0 Å². The number of anilines is 2. The molecule has 3 rings (SSSR count). The van der Waals surface area contributed by atoms with Gasteiger partial charge in [-0.2, -0.15) is 0 Å². The van der Waals surface area contributed by atoms with E-state index in [-0.39, 0.29) is 0 Å². The molecule has 1 N–H and O–H groups in total. The number of hydrogen-bond acceptors (Lipinski definition) is 2. The highest BCUT2D eigenvalue weighted by Gasteiger charge is 2.15. The molecule has 0 aliphatic heterocycles. The van der Waals surface area contributed by atoms with E-state index in [4.69, 9.17) is 0 Å². The Bertz CT molecular complexity index is 498. The lowest BCUT2D eigenvalue weighted by Crippen LogP contribution is -2.15. The van der Waals surface area contributed by atoms with Gasteiger partial charge in [0.05, 0.1) is 0 Å². The molecule has 0 amide bonds. The Morgan fingerprint density at radius 2 is 1.89 bits per heavy atom. The number of nitrogens with zero attached hydrogens (tertiary/aromatic N) is 2. The number of aromatic nitrogens is 2. The maximum absolute atomic E-state index is 4.43. The van der Waals surface area contributed by atoms with E-state index < -0.39 is 0 Å². The third kappa shape index (κ3) is 3.16. The fraction of sp³-hybridized carbons (Fsp3) is 0.438. The van der Waals surface area contributed by atoms with Crippen LogP contribution in [0.3, 0.4) is 0 Å². The van der Waals surface area contributed by atoms with Crippen LogP contribution in [0.1, 0.15) is 32.1 Å². The summed E-state index contributed by atoms with van der Waals surface area (Å²) in [6.07, 6.45) is 10.9. The number of para-hydroxylation sites is 1. The van der Waals surface area contributed by atoms with E-state index >= 15 is 0 Å². The molecule has 100 valence electrons. The lowest BCUT2D eigenvalue weighted by molar-refractivity contribution is 0.320. The summed E-state index contributed by atoms with van der Waals surface area (Å²) in [5.74, 6) is 1.77. The zero-order valence-corrected chi connectivity index (χ0v) is 11.3. The SMILES string of the molecule is c1ccc(Nc2nccn2CC2CCCCC2)cc1. The second-order valence-electron chi connectivity index (χ2n) is 5.40. The normalized spacial score (nSPS) is 16.4. The Balaban J connectivity index is 1.68. The average Bonchev–Trinajstić information content (AvgIpc) is 2.88. The van der Waals surface area contributed by atoms with Crippen molar-refractivity contribution in [3.8, 4) is 0 Å². The summed E-state index contributed by atoms with van der Waals surface area (Å²) in [4.78, 5) is 4.43. The first-order valence-electron chi connectivity index (χ1n) is 7.25. The lowest BCUT2D eigenvalue weighted by Gasteiger charge is -2.22. The quantitative estimate of drug-likeness (QED) is 0.887. The van der Waals surface area contributed by atoms with Crippen LogP contribution < -0.4 is 5.32 Å². The Labute approximate surface area is 114 Å². The number of rotatable bonds is 4. The van der Waals surface area contributed by atoms with Crippen molar-refractivity contribution >= 4 is 11.6 Å². The van der Waals surface area contributed by atoms with Crippen molar-refractivity contribution < 1.29 is 0 Å². The lowest BCUT2D eigenvalue weighted by atomic mass is 9.89. The first kappa shape index (κ1) is 12.3. The van der Waals surface area contributed by atoms with Crippen LogP contribution in [0.5, 0.6) is 0 Å². The second kappa shape index (κ2) is 5.91. The van der Waals surface area contributed by atoms with Crippen LogP contribution in [-0.4, -0.2) is 9.55 Å². The van der Waals surface area contributed by atoms with Crippen LogP contribution in [0.4, 0.5) is 11.6 Å². The van der Waals surface area contributed by atoms with Gasteiger partial charge >= 0.3 is 0 Å². The van der Waals surface area contributed by atoms with Gasteiger partial charge in [0.2, 0.25) is 5.95 Å². The molecule has 0 saturated heterocycles. The van der Waals surface area contributed by atoms with E-state index in [0.717, 1.165) is 24.1 Å².